The summed E-state index contributed by atoms with van der Waals surface area (Å²) >= 11 is 1.40. The van der Waals surface area contributed by atoms with Crippen LogP contribution in [0.15, 0.2) is 0 Å². The van der Waals surface area contributed by atoms with Crippen LogP contribution in [0.1, 0.15) is 159 Å². The van der Waals surface area contributed by atoms with Crippen LogP contribution in [0, 0.1) is 23.7 Å². The van der Waals surface area contributed by atoms with E-state index in [2.05, 4.69) is 58.5 Å². The Labute approximate surface area is 614 Å². The second-order valence-corrected chi connectivity index (χ2v) is 28.6. The lowest BCUT2D eigenvalue weighted by Crippen LogP contribution is -2.61. The Morgan fingerprint density at radius 3 is 1.29 bits per heavy atom. The first-order chi connectivity index (χ1) is 49.2. The van der Waals surface area contributed by atoms with Crippen molar-refractivity contribution < 1.29 is 107 Å². The first-order valence-corrected chi connectivity index (χ1v) is 36.7. The van der Waals surface area contributed by atoms with Crippen LogP contribution in [0.4, 0.5) is 0 Å². The molecule has 2 fully saturated rings. The van der Waals surface area contributed by atoms with Gasteiger partial charge in [0, 0.05) is 32.4 Å². The largest absolute Gasteiger partial charge is 0.481 e. The first-order valence-electron chi connectivity index (χ1n) is 35.3. The third-order valence-corrected chi connectivity index (χ3v) is 18.1. The SMILES string of the molecule is CSCC[C@H](NC(=O)[C@@H](NC(=O)[C@@H]1CCCN1C(=O)[C@@H](NC(=O)[C@@H]1CCCN1C(=O)[C@@H](NC(=O)CNC(=O)[C@H](CO)NC(=O)[C@H](CCC(=O)O)NC(=O)[C@H](CCC(N)=O)NC(=O)[C@H](CCC(=O)O)NC(=O)[C@@H](NC(=O)[C@@H](N)CC(C)C)[C@@H](C)O)C(C)C)C(C)C)C(C)C)C(=O)N[C@@H](CCCCN)C(=O)O. The van der Waals surface area contributed by atoms with E-state index in [1.54, 1.807) is 61.6 Å². The Kier molecular flexibility index (Phi) is 40.6. The molecule has 0 aromatic rings. The zero-order valence-corrected chi connectivity index (χ0v) is 62.3. The molecule has 0 aliphatic carbocycles. The van der Waals surface area contributed by atoms with E-state index < -0.39 is 255 Å². The van der Waals surface area contributed by atoms with Crippen LogP contribution in [0.25, 0.3) is 0 Å². The van der Waals surface area contributed by atoms with Crippen molar-refractivity contribution in [2.45, 2.75) is 243 Å². The van der Waals surface area contributed by atoms with E-state index in [1.165, 1.54) is 21.6 Å². The average Bonchev–Trinajstić information content (AvgIpc) is 1.70. The third-order valence-electron chi connectivity index (χ3n) is 17.4. The van der Waals surface area contributed by atoms with Crippen LogP contribution >= 0.6 is 11.8 Å². The van der Waals surface area contributed by atoms with Crippen LogP contribution in [-0.4, -0.2) is 265 Å². The van der Waals surface area contributed by atoms with E-state index in [9.17, 15) is 107 Å². The number of carboxylic acids is 3. The van der Waals surface area contributed by atoms with Crippen molar-refractivity contribution in [3.05, 3.63) is 0 Å². The number of amides is 14. The van der Waals surface area contributed by atoms with Gasteiger partial charge in [0.2, 0.25) is 82.7 Å². The predicted octanol–water partition coefficient (Wildman–Crippen LogP) is -5.39. The Bertz CT molecular complexity index is 3030. The van der Waals surface area contributed by atoms with Gasteiger partial charge < -0.3 is 111 Å². The number of hydrogen-bond acceptors (Lipinski definition) is 22. The molecule has 22 N–H and O–H groups in total. The van der Waals surface area contributed by atoms with Crippen molar-refractivity contribution in [3.8, 4) is 0 Å². The van der Waals surface area contributed by atoms with Crippen molar-refractivity contribution in [2.24, 2.45) is 40.9 Å². The summed E-state index contributed by atoms with van der Waals surface area (Å²) < 4.78 is 0. The Morgan fingerprint density at radius 2 is 0.886 bits per heavy atom. The van der Waals surface area contributed by atoms with E-state index in [0.29, 0.717) is 38.0 Å². The second kappa shape index (κ2) is 46.2. The van der Waals surface area contributed by atoms with E-state index in [0.717, 1.165) is 6.92 Å². The van der Waals surface area contributed by atoms with E-state index >= 15 is 0 Å². The highest BCUT2D eigenvalue weighted by Gasteiger charge is 2.45. The molecule has 0 radical (unpaired) electrons. The second-order valence-electron chi connectivity index (χ2n) is 27.6. The van der Waals surface area contributed by atoms with Crippen LogP contribution in [0.2, 0.25) is 0 Å². The van der Waals surface area contributed by atoms with Gasteiger partial charge in [-0.1, -0.05) is 55.4 Å². The zero-order valence-electron chi connectivity index (χ0n) is 61.5. The number of hydrogen-bond donors (Lipinski definition) is 19. The van der Waals surface area contributed by atoms with Crippen LogP contribution < -0.4 is 75.7 Å². The van der Waals surface area contributed by atoms with Gasteiger partial charge in [0.15, 0.2) is 0 Å². The summed E-state index contributed by atoms with van der Waals surface area (Å²) in [4.78, 5) is 230. The predicted molar refractivity (Wildman–Crippen MR) is 378 cm³/mol. The molecule has 0 spiro atoms. The summed E-state index contributed by atoms with van der Waals surface area (Å²) in [6.45, 7) is 13.0. The number of aliphatic carboxylic acids is 3. The molecular formula is C66H112N16O22S. The lowest BCUT2D eigenvalue weighted by Gasteiger charge is -2.34. The maximum atomic E-state index is 14.5. The van der Waals surface area contributed by atoms with E-state index in [1.807, 2.05) is 0 Å². The molecule has 14 amide bonds. The number of nitrogens with one attached hydrogen (secondary N) is 11. The molecule has 14 atom stereocenters. The normalized spacial score (nSPS) is 17.7. The number of nitrogens with zero attached hydrogens (tertiary/aromatic N) is 2. The summed E-state index contributed by atoms with van der Waals surface area (Å²) in [5.41, 5.74) is 16.8. The number of rotatable bonds is 48. The number of aliphatic hydroxyl groups is 2. The molecule has 39 heteroatoms. The smallest absolute Gasteiger partial charge is 0.326 e. The number of thioether (sulfide) groups is 1. The Morgan fingerprint density at radius 1 is 0.476 bits per heavy atom. The van der Waals surface area contributed by atoms with Crippen LogP contribution in [0.5, 0.6) is 0 Å². The molecule has 594 valence electrons. The highest BCUT2D eigenvalue weighted by atomic mass is 32.2. The fraction of sp³-hybridized carbons (Fsp3) is 0.742. The number of nitrogens with two attached hydrogens (primary N) is 3. The number of aliphatic hydroxyl groups excluding tert-OH is 2. The van der Waals surface area contributed by atoms with Crippen molar-refractivity contribution >= 4 is 112 Å². The summed E-state index contributed by atoms with van der Waals surface area (Å²) in [6, 6.07) is -18.7. The van der Waals surface area contributed by atoms with E-state index in [4.69, 9.17) is 17.2 Å². The van der Waals surface area contributed by atoms with Crippen LogP contribution in [-0.2, 0) is 81.5 Å². The molecule has 2 saturated heterocycles. The summed E-state index contributed by atoms with van der Waals surface area (Å²) in [7, 11) is 0. The molecule has 0 bridgehead atoms. The average molecular weight is 1510 g/mol. The molecule has 105 heavy (non-hydrogen) atoms. The van der Waals surface area contributed by atoms with Crippen LogP contribution in [0.3, 0.4) is 0 Å². The van der Waals surface area contributed by atoms with Gasteiger partial charge in [0.1, 0.15) is 72.5 Å². The maximum Gasteiger partial charge on any atom is 0.326 e. The quantitative estimate of drug-likeness (QED) is 0.0253. The topological polar surface area (TPSA) is 608 Å². The minimum absolute atomic E-state index is 0.0422. The first kappa shape index (κ1) is 92.3. The monoisotopic (exact) mass is 1510 g/mol. The highest BCUT2D eigenvalue weighted by molar-refractivity contribution is 7.98. The molecule has 0 saturated carbocycles. The van der Waals surface area contributed by atoms with E-state index in [-0.39, 0.29) is 51.1 Å². The minimum atomic E-state index is -1.91. The van der Waals surface area contributed by atoms with Gasteiger partial charge in [0.05, 0.1) is 25.3 Å². The highest BCUT2D eigenvalue weighted by Crippen LogP contribution is 2.25. The zero-order chi connectivity index (χ0) is 79.7. The molecule has 0 unspecified atom stereocenters. The van der Waals surface area contributed by atoms with Gasteiger partial charge >= 0.3 is 17.9 Å². The van der Waals surface area contributed by atoms with Gasteiger partial charge in [-0.25, -0.2) is 4.79 Å². The molecule has 0 aromatic carbocycles. The van der Waals surface area contributed by atoms with Gasteiger partial charge in [0.25, 0.3) is 0 Å². The Balaban J connectivity index is 2.26. The van der Waals surface area contributed by atoms with Gasteiger partial charge in [-0.15, -0.1) is 0 Å². The van der Waals surface area contributed by atoms with Crippen molar-refractivity contribution in [1.29, 1.82) is 0 Å². The molecule has 2 rings (SSSR count). The number of carboxylic acid groups (broad SMARTS) is 3. The van der Waals surface area contributed by atoms with Crippen molar-refractivity contribution in [3.63, 3.8) is 0 Å². The van der Waals surface area contributed by atoms with Crippen molar-refractivity contribution in [2.75, 3.05) is 44.8 Å². The third kappa shape index (κ3) is 31.4. The number of likely N-dealkylation sites (tertiary alicyclic amines) is 2. The molecule has 2 aliphatic rings. The molecule has 2 heterocycles. The lowest BCUT2D eigenvalue weighted by atomic mass is 10.00. The fourth-order valence-electron chi connectivity index (χ4n) is 11.5. The number of carbonyl (C=O) groups excluding carboxylic acids is 14. The minimum Gasteiger partial charge on any atom is -0.481 e. The van der Waals surface area contributed by atoms with Crippen molar-refractivity contribution in [1.82, 2.24) is 68.3 Å². The summed E-state index contributed by atoms with van der Waals surface area (Å²) in [6.07, 6.45) is -1.51. The number of unbranched alkanes of at least 4 members (excludes halogenated alkanes) is 1. The molecule has 0 aromatic heterocycles. The van der Waals surface area contributed by atoms with Gasteiger partial charge in [-0.05, 0) is 126 Å². The molecule has 38 nitrogen and oxygen atoms in total. The number of carbonyl (C=O) groups is 17. The maximum absolute atomic E-state index is 14.5. The standard InChI is InChI=1S/C66H112N16O22S/c1-32(2)29-37(68)54(91)80-53(36(9)84)63(100)73-40(20-23-49(89)90)57(94)71-38(18-21-46(69)85)56(93)72-39(19-22-48(87)88)58(95)76-43(31-83)55(92)70-30-47(86)77-51(34(5)6)64(101)81-26-14-17-45(81)61(98)79-52(35(7)8)65(102)82-27-13-16-44(82)60(97)78-50(33(3)4)62(99)74-41(24-28-105-10)59(96)75-42(66(103)104)15-11-12-25-67/h32-45,50-53,83-84H,11-31,67-68H2,1-10H3,(H2,69,85)(H,70,92)(H,71,94)(H,72,93)(H,73,100)(H,74,99)(H,75,96)(H,76,95)(H,77,86)(H,78,97)(H,79,98)(H,80,91)(H,87,88)(H,89,90)(H,103,104)/t36-,37+,38+,39+,40+,41+,42+,43+,44+,45+,50+,51+,52+,53+/m1/s1. The molecule has 2 aliphatic heterocycles. The summed E-state index contributed by atoms with van der Waals surface area (Å²) in [5.74, 6) is -18.7. The summed E-state index contributed by atoms with van der Waals surface area (Å²) in [5, 5.41) is 76.1. The Hall–Kier alpha value is -8.82. The van der Waals surface area contributed by atoms with Gasteiger partial charge in [-0.3, -0.25) is 76.7 Å². The van der Waals surface area contributed by atoms with Gasteiger partial charge in [-0.2, -0.15) is 11.8 Å². The number of primary amides is 1. The lowest BCUT2D eigenvalue weighted by molar-refractivity contribution is -0.145. The fourth-order valence-corrected chi connectivity index (χ4v) is 12.0. The molecular weight excluding hydrogens is 1400 g/mol.